The maximum atomic E-state index is 13.0. The van der Waals surface area contributed by atoms with Crippen LogP contribution in [0.4, 0.5) is 0 Å². The van der Waals surface area contributed by atoms with Crippen LogP contribution >= 0.6 is 0 Å². The van der Waals surface area contributed by atoms with Crippen molar-refractivity contribution in [3.8, 4) is 23.1 Å². The van der Waals surface area contributed by atoms with E-state index in [1.54, 1.807) is 17.6 Å². The minimum atomic E-state index is 0.145. The van der Waals surface area contributed by atoms with E-state index in [9.17, 15) is 4.79 Å². The summed E-state index contributed by atoms with van der Waals surface area (Å²) < 4.78 is 1.74. The summed E-state index contributed by atoms with van der Waals surface area (Å²) in [4.78, 5) is 19.7. The zero-order valence-corrected chi connectivity index (χ0v) is 16.6. The van der Waals surface area contributed by atoms with Gasteiger partial charge in [-0.2, -0.15) is 5.10 Å². The van der Waals surface area contributed by atoms with Crippen LogP contribution in [0.2, 0.25) is 0 Å². The number of benzene rings is 1. The molecule has 0 atom stereocenters. The smallest absolute Gasteiger partial charge is 0.254 e. The van der Waals surface area contributed by atoms with Crippen molar-refractivity contribution in [2.45, 2.75) is 40.0 Å². The molecule has 1 amide bonds. The van der Waals surface area contributed by atoms with Gasteiger partial charge in [-0.05, 0) is 63.3 Å². The molecule has 0 saturated carbocycles. The SMILES string of the molecule is CC#Cc1cnn2ccc(-c3ccc(C(=O)N4CCCCC4)c(C)c3C)nc12. The molecule has 0 unspecified atom stereocenters. The van der Waals surface area contributed by atoms with Crippen LogP contribution < -0.4 is 0 Å². The first-order chi connectivity index (χ1) is 13.6. The second kappa shape index (κ2) is 7.47. The fraction of sp³-hybridized carbons (Fsp3) is 0.348. The van der Waals surface area contributed by atoms with E-state index in [2.05, 4.69) is 23.9 Å². The average Bonchev–Trinajstić information content (AvgIpc) is 3.12. The van der Waals surface area contributed by atoms with Gasteiger partial charge < -0.3 is 4.90 Å². The average molecular weight is 372 g/mol. The van der Waals surface area contributed by atoms with Gasteiger partial charge in [-0.15, -0.1) is 5.92 Å². The summed E-state index contributed by atoms with van der Waals surface area (Å²) in [6, 6.07) is 5.92. The molecule has 1 aliphatic heterocycles. The van der Waals surface area contributed by atoms with Gasteiger partial charge in [0.2, 0.25) is 0 Å². The van der Waals surface area contributed by atoms with E-state index in [4.69, 9.17) is 4.98 Å². The second-order valence-corrected chi connectivity index (χ2v) is 7.28. The summed E-state index contributed by atoms with van der Waals surface area (Å²) in [6.45, 7) is 7.62. The van der Waals surface area contributed by atoms with Crippen molar-refractivity contribution < 1.29 is 4.79 Å². The Morgan fingerprint density at radius 1 is 1.07 bits per heavy atom. The molecule has 1 saturated heterocycles. The van der Waals surface area contributed by atoms with Crippen molar-refractivity contribution >= 4 is 11.6 Å². The normalized spacial score (nSPS) is 14.0. The molecule has 3 heterocycles. The zero-order valence-electron chi connectivity index (χ0n) is 16.6. The number of fused-ring (bicyclic) bond motifs is 1. The first-order valence-electron chi connectivity index (χ1n) is 9.77. The Kier molecular flexibility index (Phi) is 4.87. The maximum Gasteiger partial charge on any atom is 0.254 e. The first-order valence-corrected chi connectivity index (χ1v) is 9.77. The number of hydrogen-bond donors (Lipinski definition) is 0. The highest BCUT2D eigenvalue weighted by molar-refractivity contribution is 5.97. The molecule has 3 aromatic rings. The van der Waals surface area contributed by atoms with Gasteiger partial charge in [0.25, 0.3) is 5.91 Å². The minimum Gasteiger partial charge on any atom is -0.339 e. The summed E-state index contributed by atoms with van der Waals surface area (Å²) in [7, 11) is 0. The highest BCUT2D eigenvalue weighted by Crippen LogP contribution is 2.28. The van der Waals surface area contributed by atoms with Crippen LogP contribution in [-0.2, 0) is 0 Å². The van der Waals surface area contributed by atoms with Crippen molar-refractivity contribution in [2.75, 3.05) is 13.1 Å². The Morgan fingerprint density at radius 3 is 2.61 bits per heavy atom. The van der Waals surface area contributed by atoms with Crippen molar-refractivity contribution in [1.82, 2.24) is 19.5 Å². The van der Waals surface area contributed by atoms with E-state index in [0.717, 1.165) is 65.1 Å². The van der Waals surface area contributed by atoms with Crippen molar-refractivity contribution in [1.29, 1.82) is 0 Å². The van der Waals surface area contributed by atoms with Crippen molar-refractivity contribution in [3.63, 3.8) is 0 Å². The third-order valence-electron chi connectivity index (χ3n) is 5.57. The monoisotopic (exact) mass is 372 g/mol. The van der Waals surface area contributed by atoms with Gasteiger partial charge in [-0.1, -0.05) is 12.0 Å². The van der Waals surface area contributed by atoms with Crippen LogP contribution in [0, 0.1) is 25.7 Å². The van der Waals surface area contributed by atoms with E-state index in [1.165, 1.54) is 6.42 Å². The Bertz CT molecular complexity index is 1110. The predicted molar refractivity (Wildman–Crippen MR) is 110 cm³/mol. The quantitative estimate of drug-likeness (QED) is 0.639. The van der Waals surface area contributed by atoms with Crippen LogP contribution in [-0.4, -0.2) is 38.5 Å². The van der Waals surface area contributed by atoms with E-state index in [1.807, 2.05) is 36.2 Å². The van der Waals surface area contributed by atoms with Crippen LogP contribution in [0.15, 0.2) is 30.6 Å². The third kappa shape index (κ3) is 3.16. The van der Waals surface area contributed by atoms with Gasteiger partial charge in [0, 0.05) is 30.4 Å². The van der Waals surface area contributed by atoms with Crippen LogP contribution in [0.1, 0.15) is 53.2 Å². The largest absolute Gasteiger partial charge is 0.339 e. The van der Waals surface area contributed by atoms with E-state index < -0.39 is 0 Å². The number of carbonyl (C=O) groups is 1. The maximum absolute atomic E-state index is 13.0. The molecule has 0 aliphatic carbocycles. The number of nitrogens with zero attached hydrogens (tertiary/aromatic N) is 4. The summed E-state index contributed by atoms with van der Waals surface area (Å²) in [5.74, 6) is 6.10. The zero-order chi connectivity index (χ0) is 19.7. The number of carbonyl (C=O) groups excluding carboxylic acids is 1. The summed E-state index contributed by atoms with van der Waals surface area (Å²) in [5, 5.41) is 4.30. The lowest BCUT2D eigenvalue weighted by molar-refractivity contribution is 0.0723. The molecule has 142 valence electrons. The van der Waals surface area contributed by atoms with E-state index >= 15 is 0 Å². The van der Waals surface area contributed by atoms with Crippen LogP contribution in [0.3, 0.4) is 0 Å². The topological polar surface area (TPSA) is 50.5 Å². The fourth-order valence-electron chi connectivity index (χ4n) is 3.84. The number of aromatic nitrogens is 3. The van der Waals surface area contributed by atoms with Crippen LogP contribution in [0.5, 0.6) is 0 Å². The molecule has 1 fully saturated rings. The van der Waals surface area contributed by atoms with Gasteiger partial charge in [0.05, 0.1) is 17.5 Å². The molecule has 5 heteroatoms. The number of piperidine rings is 1. The highest BCUT2D eigenvalue weighted by Gasteiger charge is 2.21. The third-order valence-corrected chi connectivity index (χ3v) is 5.57. The van der Waals surface area contributed by atoms with Gasteiger partial charge >= 0.3 is 0 Å². The molecule has 2 aromatic heterocycles. The molecular weight excluding hydrogens is 348 g/mol. The highest BCUT2D eigenvalue weighted by atomic mass is 16.2. The molecule has 0 N–H and O–H groups in total. The van der Waals surface area contributed by atoms with Crippen molar-refractivity contribution in [2.24, 2.45) is 0 Å². The lowest BCUT2D eigenvalue weighted by Crippen LogP contribution is -2.36. The number of likely N-dealkylation sites (tertiary alicyclic amines) is 1. The summed E-state index contributed by atoms with van der Waals surface area (Å²) >= 11 is 0. The molecule has 28 heavy (non-hydrogen) atoms. The standard InChI is InChI=1S/C23H24N4O/c1-4-8-18-15-24-27-14-11-21(25-22(18)27)19-9-10-20(17(3)16(19)2)23(28)26-12-6-5-7-13-26/h9-11,14-15H,5-7,12-13H2,1-3H3. The van der Waals surface area contributed by atoms with Gasteiger partial charge in [0.1, 0.15) is 0 Å². The molecule has 1 aromatic carbocycles. The van der Waals surface area contributed by atoms with Crippen molar-refractivity contribution in [3.05, 3.63) is 52.8 Å². The van der Waals surface area contributed by atoms with Gasteiger partial charge in [-0.25, -0.2) is 9.50 Å². The Balaban J connectivity index is 1.73. The van der Waals surface area contributed by atoms with Crippen LogP contribution in [0.25, 0.3) is 16.9 Å². The molecule has 4 rings (SSSR count). The Labute approximate surface area is 165 Å². The minimum absolute atomic E-state index is 0.145. The predicted octanol–water partition coefficient (Wildman–Crippen LogP) is 4.01. The lowest BCUT2D eigenvalue weighted by Gasteiger charge is -2.27. The molecule has 1 aliphatic rings. The van der Waals surface area contributed by atoms with E-state index in [0.29, 0.717) is 0 Å². The molecule has 0 bridgehead atoms. The fourth-order valence-corrected chi connectivity index (χ4v) is 3.84. The summed E-state index contributed by atoms with van der Waals surface area (Å²) in [6.07, 6.45) is 7.05. The molecule has 0 spiro atoms. The van der Waals surface area contributed by atoms with Gasteiger partial charge in [-0.3, -0.25) is 4.79 Å². The number of amides is 1. The number of hydrogen-bond acceptors (Lipinski definition) is 3. The first kappa shape index (κ1) is 18.2. The number of rotatable bonds is 2. The van der Waals surface area contributed by atoms with E-state index in [-0.39, 0.29) is 5.91 Å². The Morgan fingerprint density at radius 2 is 1.86 bits per heavy atom. The van der Waals surface area contributed by atoms with Gasteiger partial charge in [0.15, 0.2) is 5.65 Å². The Hall–Kier alpha value is -3.13. The summed E-state index contributed by atoms with van der Waals surface area (Å²) in [5.41, 5.74) is 6.37. The lowest BCUT2D eigenvalue weighted by atomic mass is 9.95. The second-order valence-electron chi connectivity index (χ2n) is 7.28. The molecule has 5 nitrogen and oxygen atoms in total. The molecule has 0 radical (unpaired) electrons. The molecular formula is C23H24N4O.